The minimum absolute atomic E-state index is 0.183. The lowest BCUT2D eigenvalue weighted by molar-refractivity contribution is 0.0495. The van der Waals surface area contributed by atoms with Crippen LogP contribution in [0.5, 0.6) is 0 Å². The van der Waals surface area contributed by atoms with Crippen LogP contribution in [-0.2, 0) is 4.74 Å². The molecule has 0 N–H and O–H groups in total. The van der Waals surface area contributed by atoms with Crippen molar-refractivity contribution >= 4 is 27.7 Å². The van der Waals surface area contributed by atoms with Crippen molar-refractivity contribution in [1.82, 2.24) is 4.90 Å². The summed E-state index contributed by atoms with van der Waals surface area (Å²) in [7, 11) is 1.56. The highest BCUT2D eigenvalue weighted by atomic mass is 79.9. The van der Waals surface area contributed by atoms with Gasteiger partial charge in [0.1, 0.15) is 0 Å². The van der Waals surface area contributed by atoms with Crippen molar-refractivity contribution in [3.05, 3.63) is 35.4 Å². The Morgan fingerprint density at radius 2 is 1.76 bits per heavy atom. The topological polar surface area (TPSA) is 46.6 Å². The number of hydrogen-bond acceptors (Lipinski definition) is 3. The van der Waals surface area contributed by atoms with Crippen LogP contribution in [0, 0.1) is 0 Å². The summed E-state index contributed by atoms with van der Waals surface area (Å²) in [4.78, 5) is 25.3. The second kappa shape index (κ2) is 4.98. The van der Waals surface area contributed by atoms with Crippen molar-refractivity contribution in [2.75, 3.05) is 19.0 Å². The summed E-state index contributed by atoms with van der Waals surface area (Å²) in [6.45, 7) is 0.272. The highest BCUT2D eigenvalue weighted by molar-refractivity contribution is 9.09. The van der Waals surface area contributed by atoms with Crippen molar-refractivity contribution in [2.24, 2.45) is 0 Å². The normalized spacial score (nSPS) is 16.2. The number of carbonyl (C=O) groups is 2. The maximum Gasteiger partial charge on any atom is 0.261 e. The van der Waals surface area contributed by atoms with Gasteiger partial charge in [0.15, 0.2) is 0 Å². The average molecular weight is 298 g/mol. The zero-order valence-corrected chi connectivity index (χ0v) is 10.9. The smallest absolute Gasteiger partial charge is 0.261 e. The van der Waals surface area contributed by atoms with Gasteiger partial charge in [-0.1, -0.05) is 28.1 Å². The summed E-state index contributed by atoms with van der Waals surface area (Å²) < 4.78 is 5.16. The number of amides is 2. The molecule has 90 valence electrons. The van der Waals surface area contributed by atoms with Crippen LogP contribution >= 0.6 is 15.9 Å². The number of fused-ring (bicyclic) bond motifs is 1. The maximum absolute atomic E-state index is 12.0. The van der Waals surface area contributed by atoms with E-state index in [9.17, 15) is 9.59 Å². The van der Waals surface area contributed by atoms with Gasteiger partial charge < -0.3 is 4.74 Å². The molecule has 1 aliphatic heterocycles. The molecule has 17 heavy (non-hydrogen) atoms. The number of carbonyl (C=O) groups excluding carboxylic acids is 2. The van der Waals surface area contributed by atoms with Crippen LogP contribution < -0.4 is 0 Å². The largest absolute Gasteiger partial charge is 0.379 e. The standard InChI is InChI=1S/C12H12BrNO3/c1-17-8(6-13)7-14-11(15)9-4-2-3-5-10(9)12(14)16/h2-5,8H,6-7H2,1H3. The quantitative estimate of drug-likeness (QED) is 0.628. The molecule has 1 aromatic carbocycles. The summed E-state index contributed by atoms with van der Waals surface area (Å²) in [5.41, 5.74) is 0.948. The van der Waals surface area contributed by atoms with E-state index in [0.29, 0.717) is 16.5 Å². The summed E-state index contributed by atoms with van der Waals surface area (Å²) in [6.07, 6.45) is -0.183. The SMILES string of the molecule is COC(CBr)CN1C(=O)c2ccccc2C1=O. The third-order valence-electron chi connectivity index (χ3n) is 2.77. The maximum atomic E-state index is 12.0. The molecule has 2 amide bonds. The van der Waals surface area contributed by atoms with Gasteiger partial charge in [0.05, 0.1) is 23.8 Å². The number of rotatable bonds is 4. The van der Waals surface area contributed by atoms with E-state index in [2.05, 4.69) is 15.9 Å². The van der Waals surface area contributed by atoms with Gasteiger partial charge in [0.25, 0.3) is 11.8 Å². The summed E-state index contributed by atoms with van der Waals surface area (Å²) in [5.74, 6) is -0.484. The van der Waals surface area contributed by atoms with Crippen LogP contribution in [0.15, 0.2) is 24.3 Å². The number of halogens is 1. The van der Waals surface area contributed by atoms with Crippen LogP contribution in [0.3, 0.4) is 0 Å². The van der Waals surface area contributed by atoms with E-state index in [1.54, 1.807) is 31.4 Å². The Balaban J connectivity index is 2.24. The van der Waals surface area contributed by atoms with E-state index in [-0.39, 0.29) is 24.5 Å². The Bertz CT molecular complexity index is 422. The number of nitrogens with zero attached hydrogens (tertiary/aromatic N) is 1. The molecule has 0 spiro atoms. The minimum Gasteiger partial charge on any atom is -0.379 e. The number of alkyl halides is 1. The Morgan fingerprint density at radius 1 is 1.24 bits per heavy atom. The van der Waals surface area contributed by atoms with Gasteiger partial charge in [0.2, 0.25) is 0 Å². The van der Waals surface area contributed by atoms with Gasteiger partial charge in [-0.25, -0.2) is 0 Å². The zero-order chi connectivity index (χ0) is 12.4. The fourth-order valence-electron chi connectivity index (χ4n) is 1.79. The number of ether oxygens (including phenoxy) is 1. The molecule has 1 aromatic rings. The Morgan fingerprint density at radius 3 is 2.18 bits per heavy atom. The zero-order valence-electron chi connectivity index (χ0n) is 9.35. The molecule has 0 aromatic heterocycles. The second-order valence-electron chi connectivity index (χ2n) is 3.78. The molecule has 2 rings (SSSR count). The molecule has 0 fully saturated rings. The first-order valence-electron chi connectivity index (χ1n) is 5.23. The molecule has 1 aliphatic rings. The van der Waals surface area contributed by atoms with E-state index in [4.69, 9.17) is 4.74 Å². The highest BCUT2D eigenvalue weighted by Gasteiger charge is 2.36. The molecule has 0 bridgehead atoms. The lowest BCUT2D eigenvalue weighted by atomic mass is 10.1. The summed E-state index contributed by atoms with van der Waals surface area (Å²) >= 11 is 3.28. The Hall–Kier alpha value is -1.20. The van der Waals surface area contributed by atoms with Crippen LogP contribution in [-0.4, -0.2) is 41.8 Å². The van der Waals surface area contributed by atoms with Crippen molar-refractivity contribution in [3.8, 4) is 0 Å². The number of benzene rings is 1. The van der Waals surface area contributed by atoms with Gasteiger partial charge in [-0.15, -0.1) is 0 Å². The van der Waals surface area contributed by atoms with Gasteiger partial charge in [0, 0.05) is 12.4 Å². The van der Waals surface area contributed by atoms with Gasteiger partial charge in [-0.3, -0.25) is 14.5 Å². The van der Waals surface area contributed by atoms with Crippen LogP contribution in [0.1, 0.15) is 20.7 Å². The number of methoxy groups -OCH3 is 1. The second-order valence-corrected chi connectivity index (χ2v) is 4.43. The monoisotopic (exact) mass is 297 g/mol. The molecule has 0 aliphatic carbocycles. The van der Waals surface area contributed by atoms with E-state index in [1.807, 2.05) is 0 Å². The van der Waals surface area contributed by atoms with Crippen molar-refractivity contribution < 1.29 is 14.3 Å². The van der Waals surface area contributed by atoms with Crippen molar-refractivity contribution in [2.45, 2.75) is 6.10 Å². The number of imide groups is 1. The third kappa shape index (κ3) is 2.12. The first-order valence-corrected chi connectivity index (χ1v) is 6.35. The van der Waals surface area contributed by atoms with Crippen LogP contribution in [0.4, 0.5) is 0 Å². The predicted octanol–water partition coefficient (Wildman–Crippen LogP) is 1.69. The first-order chi connectivity index (χ1) is 8.19. The van der Waals surface area contributed by atoms with Gasteiger partial charge in [-0.05, 0) is 12.1 Å². The van der Waals surface area contributed by atoms with Gasteiger partial charge in [-0.2, -0.15) is 0 Å². The fourth-order valence-corrected chi connectivity index (χ4v) is 2.26. The molecule has 0 radical (unpaired) electrons. The Labute approximate surface area is 108 Å². The predicted molar refractivity (Wildman–Crippen MR) is 66.4 cm³/mol. The molecule has 1 heterocycles. The lowest BCUT2D eigenvalue weighted by Gasteiger charge is -2.19. The Kier molecular flexibility index (Phi) is 3.59. The third-order valence-corrected chi connectivity index (χ3v) is 3.49. The molecule has 1 atom stereocenters. The fraction of sp³-hybridized carbons (Fsp3) is 0.333. The molecule has 0 saturated carbocycles. The molecule has 1 unspecified atom stereocenters. The van der Waals surface area contributed by atoms with E-state index in [0.717, 1.165) is 0 Å². The molecular weight excluding hydrogens is 286 g/mol. The number of hydrogen-bond donors (Lipinski definition) is 0. The highest BCUT2D eigenvalue weighted by Crippen LogP contribution is 2.22. The molecular formula is C12H12BrNO3. The average Bonchev–Trinajstić information content (AvgIpc) is 2.61. The summed E-state index contributed by atoms with van der Waals surface area (Å²) in [6, 6.07) is 6.86. The lowest BCUT2D eigenvalue weighted by Crippen LogP contribution is -2.38. The van der Waals surface area contributed by atoms with Crippen molar-refractivity contribution in [3.63, 3.8) is 0 Å². The minimum atomic E-state index is -0.242. The van der Waals surface area contributed by atoms with Crippen molar-refractivity contribution in [1.29, 1.82) is 0 Å². The van der Waals surface area contributed by atoms with Crippen LogP contribution in [0.2, 0.25) is 0 Å². The molecule has 5 heteroatoms. The summed E-state index contributed by atoms with van der Waals surface area (Å²) in [5, 5.41) is 0.580. The van der Waals surface area contributed by atoms with Crippen LogP contribution in [0.25, 0.3) is 0 Å². The van der Waals surface area contributed by atoms with E-state index >= 15 is 0 Å². The van der Waals surface area contributed by atoms with Gasteiger partial charge >= 0.3 is 0 Å². The molecule has 0 saturated heterocycles. The van der Waals surface area contributed by atoms with E-state index in [1.165, 1.54) is 4.90 Å². The van der Waals surface area contributed by atoms with E-state index < -0.39 is 0 Å². The first kappa shape index (κ1) is 12.3. The molecule has 4 nitrogen and oxygen atoms in total.